The Morgan fingerprint density at radius 3 is 2.74 bits per heavy atom. The first-order chi connectivity index (χ1) is 13.1. The van der Waals surface area contributed by atoms with Gasteiger partial charge in [0.15, 0.2) is 0 Å². The van der Waals surface area contributed by atoms with Crippen LogP contribution in [0.2, 0.25) is 0 Å². The number of ether oxygens (including phenoxy) is 1. The Labute approximate surface area is 160 Å². The summed E-state index contributed by atoms with van der Waals surface area (Å²) < 4.78 is 9.71. The van der Waals surface area contributed by atoms with E-state index in [-0.39, 0.29) is 11.7 Å². The quantitative estimate of drug-likeness (QED) is 0.534. The molecule has 7 heteroatoms. The molecule has 3 aromatic heterocycles. The van der Waals surface area contributed by atoms with Crippen LogP contribution in [-0.2, 0) is 17.8 Å². The van der Waals surface area contributed by atoms with Crippen LogP contribution in [0.15, 0.2) is 35.1 Å². The van der Waals surface area contributed by atoms with Gasteiger partial charge < -0.3 is 4.74 Å². The zero-order valence-electron chi connectivity index (χ0n) is 15.5. The number of thiophene rings is 1. The maximum atomic E-state index is 13.6. The summed E-state index contributed by atoms with van der Waals surface area (Å²) in [6, 6.07) is 9.65. The van der Waals surface area contributed by atoms with Crippen molar-refractivity contribution in [2.45, 2.75) is 39.9 Å². The van der Waals surface area contributed by atoms with E-state index in [9.17, 15) is 4.79 Å². The second kappa shape index (κ2) is 6.00. The van der Waals surface area contributed by atoms with Crippen molar-refractivity contribution >= 4 is 27.3 Å². The molecule has 138 valence electrons. The van der Waals surface area contributed by atoms with E-state index in [0.29, 0.717) is 18.3 Å². The van der Waals surface area contributed by atoms with Gasteiger partial charge in [-0.1, -0.05) is 32.0 Å². The maximum absolute atomic E-state index is 13.6. The minimum absolute atomic E-state index is 0.0296. The van der Waals surface area contributed by atoms with E-state index >= 15 is 0 Å². The van der Waals surface area contributed by atoms with Crippen LogP contribution in [0.1, 0.15) is 30.1 Å². The fraction of sp³-hybridized carbons (Fsp3) is 0.350. The van der Waals surface area contributed by atoms with Gasteiger partial charge in [0, 0.05) is 11.3 Å². The van der Waals surface area contributed by atoms with Gasteiger partial charge in [0.1, 0.15) is 10.7 Å². The van der Waals surface area contributed by atoms with Crippen LogP contribution in [0.4, 0.5) is 0 Å². The second-order valence-corrected chi connectivity index (χ2v) is 8.42. The fourth-order valence-corrected chi connectivity index (χ4v) is 5.11. The summed E-state index contributed by atoms with van der Waals surface area (Å²) in [6.07, 6.45) is 0.904. The second-order valence-electron chi connectivity index (χ2n) is 7.34. The number of fused-ring (bicyclic) bond motifs is 5. The van der Waals surface area contributed by atoms with Crippen molar-refractivity contribution in [3.63, 3.8) is 0 Å². The predicted octanol–water partition coefficient (Wildman–Crippen LogP) is 3.50. The van der Waals surface area contributed by atoms with Gasteiger partial charge >= 0.3 is 0 Å². The van der Waals surface area contributed by atoms with Crippen LogP contribution in [0.3, 0.4) is 0 Å². The Hall–Kier alpha value is -2.51. The average molecular weight is 380 g/mol. The summed E-state index contributed by atoms with van der Waals surface area (Å²) >= 11 is 1.62. The van der Waals surface area contributed by atoms with Gasteiger partial charge in [-0.15, -0.1) is 21.5 Å². The molecule has 4 aromatic rings. The van der Waals surface area contributed by atoms with E-state index in [1.165, 1.54) is 0 Å². The summed E-state index contributed by atoms with van der Waals surface area (Å²) in [5.74, 6) is 1.74. The van der Waals surface area contributed by atoms with Crippen molar-refractivity contribution in [1.29, 1.82) is 0 Å². The zero-order valence-corrected chi connectivity index (χ0v) is 16.3. The Bertz CT molecular complexity index is 1220. The lowest BCUT2D eigenvalue weighted by Gasteiger charge is -2.26. The van der Waals surface area contributed by atoms with Gasteiger partial charge in [0.25, 0.3) is 5.56 Å². The molecule has 1 aliphatic rings. The summed E-state index contributed by atoms with van der Waals surface area (Å²) in [7, 11) is 0. The number of nitrogens with zero attached hydrogens (tertiary/aromatic N) is 4. The average Bonchev–Trinajstić information content (AvgIpc) is 3.23. The predicted molar refractivity (Wildman–Crippen MR) is 106 cm³/mol. The Kier molecular flexibility index (Phi) is 3.70. The molecule has 0 fully saturated rings. The van der Waals surface area contributed by atoms with Gasteiger partial charge in [0.2, 0.25) is 5.78 Å². The fourth-order valence-electron chi connectivity index (χ4n) is 3.83. The third-order valence-corrected chi connectivity index (χ3v) is 6.48. The molecule has 6 nitrogen and oxygen atoms in total. The maximum Gasteiger partial charge on any atom is 0.268 e. The lowest BCUT2D eigenvalue weighted by molar-refractivity contribution is 0.00200. The third kappa shape index (κ3) is 2.38. The summed E-state index contributed by atoms with van der Waals surface area (Å²) in [5.41, 5.74) is 1.90. The number of rotatable bonds is 2. The van der Waals surface area contributed by atoms with E-state index in [4.69, 9.17) is 4.74 Å². The molecule has 0 saturated heterocycles. The van der Waals surface area contributed by atoms with Crippen molar-refractivity contribution in [2.75, 3.05) is 0 Å². The molecule has 1 aliphatic heterocycles. The van der Waals surface area contributed by atoms with E-state index < -0.39 is 0 Å². The highest BCUT2D eigenvalue weighted by atomic mass is 32.1. The molecule has 27 heavy (non-hydrogen) atoms. The van der Waals surface area contributed by atoms with Crippen LogP contribution in [0, 0.1) is 12.8 Å². The first-order valence-corrected chi connectivity index (χ1v) is 9.96. The SMILES string of the molecule is Cc1nnc2n(-c3ccccc3)c(=O)c3c4c(sc3n12)CO[C@@H](C(C)C)C4. The van der Waals surface area contributed by atoms with E-state index in [0.717, 1.165) is 38.6 Å². The molecule has 0 bridgehead atoms. The smallest absolute Gasteiger partial charge is 0.268 e. The Morgan fingerprint density at radius 2 is 2.00 bits per heavy atom. The molecule has 0 spiro atoms. The van der Waals surface area contributed by atoms with Gasteiger partial charge in [-0.3, -0.25) is 9.20 Å². The highest BCUT2D eigenvalue weighted by Gasteiger charge is 2.29. The Morgan fingerprint density at radius 1 is 1.22 bits per heavy atom. The van der Waals surface area contributed by atoms with Gasteiger partial charge in [0.05, 0.1) is 23.8 Å². The van der Waals surface area contributed by atoms with Crippen LogP contribution >= 0.6 is 11.3 Å². The number of para-hydroxylation sites is 1. The number of benzene rings is 1. The molecule has 0 amide bonds. The number of hydrogen-bond acceptors (Lipinski definition) is 5. The lowest BCUT2D eigenvalue weighted by atomic mass is 9.96. The molecular formula is C20H20N4O2S. The first kappa shape index (κ1) is 16.6. The summed E-state index contributed by atoms with van der Waals surface area (Å²) in [4.78, 5) is 15.7. The lowest BCUT2D eigenvalue weighted by Crippen LogP contribution is -2.28. The molecule has 5 rings (SSSR count). The summed E-state index contributed by atoms with van der Waals surface area (Å²) in [5, 5.41) is 9.34. The van der Waals surface area contributed by atoms with Crippen LogP contribution < -0.4 is 5.56 Å². The van der Waals surface area contributed by atoms with E-state index in [1.54, 1.807) is 15.9 Å². The molecule has 0 N–H and O–H groups in total. The minimum Gasteiger partial charge on any atom is -0.372 e. The third-order valence-electron chi connectivity index (χ3n) is 5.29. The molecule has 1 atom stereocenters. The standard InChI is InChI=1S/C20H20N4O2S/c1-11(2)15-9-14-16(10-26-15)27-19-17(14)18(25)24(13-7-5-4-6-8-13)20-22-21-12(3)23(19)20/h4-8,11,15H,9-10H2,1-3H3/t15-/m1/s1. The van der Waals surface area contributed by atoms with Crippen LogP contribution in [0.25, 0.3) is 21.7 Å². The normalized spacial score (nSPS) is 17.1. The number of hydrogen-bond donors (Lipinski definition) is 0. The van der Waals surface area contributed by atoms with Crippen molar-refractivity contribution in [3.8, 4) is 5.69 Å². The highest BCUT2D eigenvalue weighted by molar-refractivity contribution is 7.18. The molecular weight excluding hydrogens is 360 g/mol. The highest BCUT2D eigenvalue weighted by Crippen LogP contribution is 2.36. The molecule has 0 unspecified atom stereocenters. The molecule has 4 heterocycles. The molecule has 0 saturated carbocycles. The molecule has 0 radical (unpaired) electrons. The van der Waals surface area contributed by atoms with Crippen molar-refractivity contribution in [1.82, 2.24) is 19.2 Å². The molecule has 0 aliphatic carbocycles. The van der Waals surface area contributed by atoms with Crippen LogP contribution in [0.5, 0.6) is 0 Å². The number of aryl methyl sites for hydroxylation is 1. The van der Waals surface area contributed by atoms with E-state index in [1.807, 2.05) is 41.7 Å². The topological polar surface area (TPSA) is 61.4 Å². The minimum atomic E-state index is -0.0296. The number of aromatic nitrogens is 4. The first-order valence-electron chi connectivity index (χ1n) is 9.14. The van der Waals surface area contributed by atoms with Gasteiger partial charge in [-0.25, -0.2) is 4.57 Å². The molecule has 1 aromatic carbocycles. The van der Waals surface area contributed by atoms with Gasteiger partial charge in [-0.2, -0.15) is 0 Å². The van der Waals surface area contributed by atoms with Crippen LogP contribution in [-0.4, -0.2) is 25.3 Å². The summed E-state index contributed by atoms with van der Waals surface area (Å²) in [6.45, 7) is 6.81. The van der Waals surface area contributed by atoms with Crippen molar-refractivity contribution < 1.29 is 4.74 Å². The zero-order chi connectivity index (χ0) is 18.7. The largest absolute Gasteiger partial charge is 0.372 e. The van der Waals surface area contributed by atoms with Crippen molar-refractivity contribution in [2.24, 2.45) is 5.92 Å². The monoisotopic (exact) mass is 380 g/mol. The van der Waals surface area contributed by atoms with E-state index in [2.05, 4.69) is 24.0 Å². The Balaban J connectivity index is 1.90. The van der Waals surface area contributed by atoms with Gasteiger partial charge in [-0.05, 0) is 30.5 Å². The van der Waals surface area contributed by atoms with Crippen molar-refractivity contribution in [3.05, 3.63) is 57.0 Å².